The Bertz CT molecular complexity index is 362. The second-order valence-electron chi connectivity index (χ2n) is 5.21. The summed E-state index contributed by atoms with van der Waals surface area (Å²) in [7, 11) is 1.74. The summed E-state index contributed by atoms with van der Waals surface area (Å²) in [4.78, 5) is 2.57. The first-order chi connectivity index (χ1) is 9.40. The van der Waals surface area contributed by atoms with Gasteiger partial charge in [-0.2, -0.15) is 0 Å². The van der Waals surface area contributed by atoms with Crippen LogP contribution in [-0.4, -0.2) is 44.7 Å². The Labute approximate surface area is 116 Å². The van der Waals surface area contributed by atoms with Crippen LogP contribution in [0.2, 0.25) is 0 Å². The number of methoxy groups -OCH3 is 1. The molecular formula is C16H26N2O. The predicted octanol–water partition coefficient (Wildman–Crippen LogP) is 2.31. The molecule has 19 heavy (non-hydrogen) atoms. The quantitative estimate of drug-likeness (QED) is 0.763. The number of para-hydroxylation sites is 1. The van der Waals surface area contributed by atoms with Crippen molar-refractivity contribution in [2.45, 2.75) is 25.7 Å². The molecule has 0 amide bonds. The zero-order chi connectivity index (χ0) is 13.3. The van der Waals surface area contributed by atoms with E-state index >= 15 is 0 Å². The molecule has 0 bridgehead atoms. The van der Waals surface area contributed by atoms with Gasteiger partial charge in [0.1, 0.15) is 5.75 Å². The summed E-state index contributed by atoms with van der Waals surface area (Å²) in [5.41, 5.74) is 1.29. The number of hydrogen-bond acceptors (Lipinski definition) is 3. The predicted molar refractivity (Wildman–Crippen MR) is 79.9 cm³/mol. The van der Waals surface area contributed by atoms with Gasteiger partial charge in [-0.1, -0.05) is 24.6 Å². The zero-order valence-corrected chi connectivity index (χ0v) is 12.0. The van der Waals surface area contributed by atoms with E-state index in [0.717, 1.165) is 25.3 Å². The van der Waals surface area contributed by atoms with Crippen molar-refractivity contribution in [2.75, 3.05) is 39.8 Å². The second-order valence-corrected chi connectivity index (χ2v) is 5.21. The first-order valence-corrected chi connectivity index (χ1v) is 7.45. The summed E-state index contributed by atoms with van der Waals surface area (Å²) in [5.74, 6) is 1.00. The minimum atomic E-state index is 1.00. The van der Waals surface area contributed by atoms with Gasteiger partial charge in [-0.25, -0.2) is 0 Å². The van der Waals surface area contributed by atoms with Crippen molar-refractivity contribution in [3.05, 3.63) is 29.8 Å². The highest BCUT2D eigenvalue weighted by atomic mass is 16.5. The molecule has 0 atom stereocenters. The maximum Gasteiger partial charge on any atom is 0.122 e. The van der Waals surface area contributed by atoms with Crippen LogP contribution in [0.5, 0.6) is 5.75 Å². The largest absolute Gasteiger partial charge is 0.496 e. The van der Waals surface area contributed by atoms with Crippen LogP contribution in [0, 0.1) is 0 Å². The number of benzene rings is 1. The molecule has 0 radical (unpaired) electrons. The van der Waals surface area contributed by atoms with Gasteiger partial charge in [-0.3, -0.25) is 0 Å². The Hall–Kier alpha value is -1.06. The van der Waals surface area contributed by atoms with E-state index in [-0.39, 0.29) is 0 Å². The molecule has 1 aliphatic heterocycles. The third kappa shape index (κ3) is 4.84. The molecule has 1 saturated heterocycles. The number of likely N-dealkylation sites (tertiary alicyclic amines) is 1. The number of rotatable bonds is 7. The molecule has 1 heterocycles. The molecule has 3 heteroatoms. The lowest BCUT2D eigenvalue weighted by molar-refractivity contribution is 0.229. The van der Waals surface area contributed by atoms with E-state index in [1.54, 1.807) is 7.11 Å². The lowest BCUT2D eigenvalue weighted by Gasteiger charge is -2.26. The van der Waals surface area contributed by atoms with E-state index in [1.165, 1.54) is 44.5 Å². The van der Waals surface area contributed by atoms with Crippen molar-refractivity contribution < 1.29 is 4.74 Å². The lowest BCUT2D eigenvalue weighted by Crippen LogP contribution is -2.36. The van der Waals surface area contributed by atoms with Crippen LogP contribution >= 0.6 is 0 Å². The molecule has 0 aliphatic carbocycles. The highest BCUT2D eigenvalue weighted by Gasteiger charge is 2.08. The van der Waals surface area contributed by atoms with Gasteiger partial charge in [-0.15, -0.1) is 0 Å². The average Bonchev–Trinajstić information content (AvgIpc) is 2.48. The highest BCUT2D eigenvalue weighted by Crippen LogP contribution is 2.17. The zero-order valence-electron chi connectivity index (χ0n) is 12.0. The molecule has 0 aromatic heterocycles. The maximum atomic E-state index is 5.36. The van der Waals surface area contributed by atoms with Crippen molar-refractivity contribution in [2.24, 2.45) is 0 Å². The molecular weight excluding hydrogens is 236 g/mol. The van der Waals surface area contributed by atoms with Crippen LogP contribution in [0.15, 0.2) is 24.3 Å². The van der Waals surface area contributed by atoms with Gasteiger partial charge in [-0.05, 0) is 50.5 Å². The molecule has 3 nitrogen and oxygen atoms in total. The monoisotopic (exact) mass is 262 g/mol. The molecule has 0 spiro atoms. The van der Waals surface area contributed by atoms with E-state index in [0.29, 0.717) is 0 Å². The minimum absolute atomic E-state index is 1.00. The van der Waals surface area contributed by atoms with Gasteiger partial charge in [0.15, 0.2) is 0 Å². The fourth-order valence-corrected chi connectivity index (χ4v) is 2.68. The molecule has 106 valence electrons. The topological polar surface area (TPSA) is 24.5 Å². The normalized spacial score (nSPS) is 16.5. The third-order valence-electron chi connectivity index (χ3n) is 3.82. The van der Waals surface area contributed by atoms with Crippen LogP contribution < -0.4 is 10.1 Å². The average molecular weight is 262 g/mol. The molecule has 1 N–H and O–H groups in total. The summed E-state index contributed by atoms with van der Waals surface area (Å²) in [6.45, 7) is 5.87. The maximum absolute atomic E-state index is 5.36. The highest BCUT2D eigenvalue weighted by molar-refractivity contribution is 5.33. The first kappa shape index (κ1) is 14.4. The Balaban J connectivity index is 1.61. The summed E-state index contributed by atoms with van der Waals surface area (Å²) in [6, 6.07) is 8.27. The van der Waals surface area contributed by atoms with Crippen molar-refractivity contribution in [1.82, 2.24) is 10.2 Å². The van der Waals surface area contributed by atoms with Gasteiger partial charge in [0.05, 0.1) is 7.11 Å². The van der Waals surface area contributed by atoms with Crippen LogP contribution in [-0.2, 0) is 6.42 Å². The van der Waals surface area contributed by atoms with Crippen LogP contribution in [0.3, 0.4) is 0 Å². The van der Waals surface area contributed by atoms with Crippen LogP contribution in [0.1, 0.15) is 24.8 Å². The SMILES string of the molecule is COc1ccccc1CCNCCN1CCCCC1. The Kier molecular flexibility index (Phi) is 6.18. The standard InChI is InChI=1S/C16H26N2O/c1-19-16-8-4-3-7-15(16)9-10-17-11-14-18-12-5-2-6-13-18/h3-4,7-8,17H,2,5-6,9-14H2,1H3. The molecule has 0 saturated carbocycles. The van der Waals surface area contributed by atoms with E-state index < -0.39 is 0 Å². The van der Waals surface area contributed by atoms with Crippen molar-refractivity contribution >= 4 is 0 Å². The molecule has 1 aliphatic rings. The summed E-state index contributed by atoms with van der Waals surface area (Å²) < 4.78 is 5.36. The molecule has 0 unspecified atom stereocenters. The summed E-state index contributed by atoms with van der Waals surface area (Å²) >= 11 is 0. The van der Waals surface area contributed by atoms with Crippen LogP contribution in [0.25, 0.3) is 0 Å². The van der Waals surface area contributed by atoms with Gasteiger partial charge in [0.2, 0.25) is 0 Å². The molecule has 1 aromatic rings. The van der Waals surface area contributed by atoms with E-state index in [2.05, 4.69) is 22.3 Å². The van der Waals surface area contributed by atoms with Crippen molar-refractivity contribution in [1.29, 1.82) is 0 Å². The van der Waals surface area contributed by atoms with Gasteiger partial charge < -0.3 is 15.0 Å². The molecule has 1 fully saturated rings. The summed E-state index contributed by atoms with van der Waals surface area (Å²) in [6.07, 6.45) is 5.20. The van der Waals surface area contributed by atoms with E-state index in [1.807, 2.05) is 12.1 Å². The number of nitrogens with zero attached hydrogens (tertiary/aromatic N) is 1. The third-order valence-corrected chi connectivity index (χ3v) is 3.82. The second kappa shape index (κ2) is 8.18. The van der Waals surface area contributed by atoms with Gasteiger partial charge in [0.25, 0.3) is 0 Å². The van der Waals surface area contributed by atoms with Crippen LogP contribution in [0.4, 0.5) is 0 Å². The minimum Gasteiger partial charge on any atom is -0.496 e. The smallest absolute Gasteiger partial charge is 0.122 e. The number of ether oxygens (including phenoxy) is 1. The number of nitrogens with one attached hydrogen (secondary N) is 1. The Morgan fingerprint density at radius 3 is 2.68 bits per heavy atom. The fourth-order valence-electron chi connectivity index (χ4n) is 2.68. The van der Waals surface area contributed by atoms with E-state index in [9.17, 15) is 0 Å². The molecule has 1 aromatic carbocycles. The van der Waals surface area contributed by atoms with Gasteiger partial charge in [0, 0.05) is 13.1 Å². The Morgan fingerprint density at radius 1 is 1.11 bits per heavy atom. The Morgan fingerprint density at radius 2 is 1.89 bits per heavy atom. The van der Waals surface area contributed by atoms with E-state index in [4.69, 9.17) is 4.74 Å². The van der Waals surface area contributed by atoms with Gasteiger partial charge >= 0.3 is 0 Å². The molecule has 2 rings (SSSR count). The fraction of sp³-hybridized carbons (Fsp3) is 0.625. The number of piperidine rings is 1. The summed E-state index contributed by atoms with van der Waals surface area (Å²) in [5, 5.41) is 3.54. The first-order valence-electron chi connectivity index (χ1n) is 7.45. The number of hydrogen-bond donors (Lipinski definition) is 1. The lowest BCUT2D eigenvalue weighted by atomic mass is 10.1. The van der Waals surface area contributed by atoms with Crippen molar-refractivity contribution in [3.8, 4) is 5.75 Å². The van der Waals surface area contributed by atoms with Crippen molar-refractivity contribution in [3.63, 3.8) is 0 Å².